The zero-order chi connectivity index (χ0) is 13.7. The van der Waals surface area contributed by atoms with Crippen molar-refractivity contribution >= 4 is 5.91 Å². The first-order chi connectivity index (χ1) is 8.45. The Labute approximate surface area is 109 Å². The molecule has 1 amide bonds. The van der Waals surface area contributed by atoms with E-state index in [2.05, 4.69) is 5.32 Å². The van der Waals surface area contributed by atoms with Crippen molar-refractivity contribution < 1.29 is 9.53 Å². The number of hydrogen-bond acceptors (Lipinski definition) is 3. The molecule has 0 aliphatic carbocycles. The van der Waals surface area contributed by atoms with E-state index in [9.17, 15) is 4.79 Å². The van der Waals surface area contributed by atoms with Crippen LogP contribution in [0.2, 0.25) is 0 Å². The van der Waals surface area contributed by atoms with Gasteiger partial charge in [-0.05, 0) is 33.8 Å². The molecule has 1 aromatic rings. The van der Waals surface area contributed by atoms with Crippen LogP contribution in [0, 0.1) is 6.92 Å². The predicted molar refractivity (Wildman–Crippen MR) is 72.6 cm³/mol. The molecule has 0 saturated carbocycles. The van der Waals surface area contributed by atoms with Gasteiger partial charge in [0.05, 0.1) is 0 Å². The predicted octanol–water partition coefficient (Wildman–Crippen LogP) is 1.92. The van der Waals surface area contributed by atoms with E-state index in [4.69, 9.17) is 10.5 Å². The van der Waals surface area contributed by atoms with Crippen LogP contribution in [0.4, 0.5) is 0 Å². The Bertz CT molecular complexity index is 416. The minimum atomic E-state index is -0.523. The molecule has 18 heavy (non-hydrogen) atoms. The molecule has 4 nitrogen and oxygen atoms in total. The molecule has 0 bridgehead atoms. The van der Waals surface area contributed by atoms with E-state index in [-0.39, 0.29) is 11.9 Å². The van der Waals surface area contributed by atoms with E-state index in [1.807, 2.05) is 39.0 Å². The lowest BCUT2D eigenvalue weighted by molar-refractivity contribution is -0.127. The van der Waals surface area contributed by atoms with E-state index in [0.717, 1.165) is 11.1 Å². The minimum absolute atomic E-state index is 0.117. The number of amides is 1. The quantitative estimate of drug-likeness (QED) is 0.839. The highest BCUT2D eigenvalue weighted by molar-refractivity contribution is 5.80. The number of carbonyl (C=O) groups is 1. The summed E-state index contributed by atoms with van der Waals surface area (Å²) in [5.41, 5.74) is 7.96. The van der Waals surface area contributed by atoms with Crippen LogP contribution in [-0.2, 0) is 4.79 Å². The Morgan fingerprint density at radius 3 is 2.67 bits per heavy atom. The van der Waals surface area contributed by atoms with Crippen LogP contribution in [0.5, 0.6) is 5.75 Å². The molecule has 1 aromatic carbocycles. The van der Waals surface area contributed by atoms with Crippen molar-refractivity contribution in [2.45, 2.75) is 39.8 Å². The van der Waals surface area contributed by atoms with Gasteiger partial charge in [-0.1, -0.05) is 17.7 Å². The number of carbonyl (C=O) groups excluding carboxylic acids is 1. The van der Waals surface area contributed by atoms with Gasteiger partial charge in [0.2, 0.25) is 0 Å². The van der Waals surface area contributed by atoms with E-state index >= 15 is 0 Å². The van der Waals surface area contributed by atoms with Crippen LogP contribution in [-0.4, -0.2) is 18.6 Å². The first-order valence-corrected chi connectivity index (χ1v) is 6.26. The maximum atomic E-state index is 11.6. The molecule has 2 atom stereocenters. The first-order valence-electron chi connectivity index (χ1n) is 6.26. The van der Waals surface area contributed by atoms with Crippen molar-refractivity contribution in [2.24, 2.45) is 5.73 Å². The van der Waals surface area contributed by atoms with Gasteiger partial charge in [0.25, 0.3) is 5.91 Å². The second kappa shape index (κ2) is 6.40. The fraction of sp³-hybridized carbons (Fsp3) is 0.500. The zero-order valence-corrected chi connectivity index (χ0v) is 11.5. The number of nitrogens with two attached hydrogens (primary N) is 1. The lowest BCUT2D eigenvalue weighted by atomic mass is 10.1. The van der Waals surface area contributed by atoms with Crippen molar-refractivity contribution in [3.63, 3.8) is 0 Å². The lowest BCUT2D eigenvalue weighted by Gasteiger charge is -2.19. The number of ether oxygens (including phenoxy) is 1. The van der Waals surface area contributed by atoms with E-state index in [0.29, 0.717) is 12.3 Å². The Morgan fingerprint density at radius 2 is 2.11 bits per heavy atom. The van der Waals surface area contributed by atoms with Crippen molar-refractivity contribution in [1.29, 1.82) is 0 Å². The molecule has 0 saturated heterocycles. The molecule has 100 valence electrons. The number of hydrogen-bond donors (Lipinski definition) is 2. The van der Waals surface area contributed by atoms with Crippen LogP contribution >= 0.6 is 0 Å². The van der Waals surface area contributed by atoms with Crippen LogP contribution in [0.1, 0.15) is 37.9 Å². The van der Waals surface area contributed by atoms with E-state index in [1.165, 1.54) is 0 Å². The summed E-state index contributed by atoms with van der Waals surface area (Å²) in [7, 11) is 0. The van der Waals surface area contributed by atoms with Gasteiger partial charge >= 0.3 is 0 Å². The Hall–Kier alpha value is -1.55. The van der Waals surface area contributed by atoms with Gasteiger partial charge in [-0.3, -0.25) is 4.79 Å². The molecule has 4 heteroatoms. The zero-order valence-electron chi connectivity index (χ0n) is 11.5. The van der Waals surface area contributed by atoms with E-state index < -0.39 is 6.10 Å². The Balaban J connectivity index is 2.87. The summed E-state index contributed by atoms with van der Waals surface area (Å²) in [6, 6.07) is 5.68. The number of aryl methyl sites for hydroxylation is 1. The number of rotatable bonds is 5. The minimum Gasteiger partial charge on any atom is -0.481 e. The maximum Gasteiger partial charge on any atom is 0.260 e. The molecule has 0 fully saturated rings. The van der Waals surface area contributed by atoms with Gasteiger partial charge in [-0.15, -0.1) is 0 Å². The second-order valence-corrected chi connectivity index (χ2v) is 4.48. The van der Waals surface area contributed by atoms with Gasteiger partial charge in [0.15, 0.2) is 6.10 Å². The highest BCUT2D eigenvalue weighted by atomic mass is 16.5. The summed E-state index contributed by atoms with van der Waals surface area (Å²) in [6.45, 7) is 8.11. The van der Waals surface area contributed by atoms with Crippen molar-refractivity contribution in [2.75, 3.05) is 6.54 Å². The average molecular weight is 250 g/mol. The third-order valence-electron chi connectivity index (χ3n) is 2.68. The Kier molecular flexibility index (Phi) is 5.16. The summed E-state index contributed by atoms with van der Waals surface area (Å²) >= 11 is 0. The molecule has 1 rings (SSSR count). The van der Waals surface area contributed by atoms with Crippen molar-refractivity contribution in [3.8, 4) is 5.75 Å². The van der Waals surface area contributed by atoms with Gasteiger partial charge in [-0.2, -0.15) is 0 Å². The Morgan fingerprint density at radius 1 is 1.44 bits per heavy atom. The SMILES string of the molecule is CCNC(=O)C(C)Oc1ccc(C)cc1[C@H](C)N. The number of nitrogens with one attached hydrogen (secondary N) is 1. The molecule has 0 aromatic heterocycles. The standard InChI is InChI=1S/C14H22N2O2/c1-5-16-14(17)11(4)18-13-7-6-9(2)8-12(13)10(3)15/h6-8,10-11H,5,15H2,1-4H3,(H,16,17)/t10-,11?/m0/s1. The maximum absolute atomic E-state index is 11.6. The van der Waals surface area contributed by atoms with Crippen molar-refractivity contribution in [1.82, 2.24) is 5.32 Å². The van der Waals surface area contributed by atoms with Crippen LogP contribution < -0.4 is 15.8 Å². The first kappa shape index (κ1) is 14.5. The summed E-state index contributed by atoms with van der Waals surface area (Å²) in [6.07, 6.45) is -0.523. The molecule has 0 heterocycles. The fourth-order valence-corrected chi connectivity index (χ4v) is 1.69. The summed E-state index contributed by atoms with van der Waals surface area (Å²) < 4.78 is 5.68. The number of likely N-dealkylation sites (N-methyl/N-ethyl adjacent to an activating group) is 1. The lowest BCUT2D eigenvalue weighted by Crippen LogP contribution is -2.36. The topological polar surface area (TPSA) is 64.3 Å². The third-order valence-corrected chi connectivity index (χ3v) is 2.68. The van der Waals surface area contributed by atoms with E-state index in [1.54, 1.807) is 6.92 Å². The van der Waals surface area contributed by atoms with Crippen LogP contribution in [0.3, 0.4) is 0 Å². The molecule has 1 unspecified atom stereocenters. The normalized spacial score (nSPS) is 13.8. The highest BCUT2D eigenvalue weighted by Gasteiger charge is 2.16. The van der Waals surface area contributed by atoms with Gasteiger partial charge in [-0.25, -0.2) is 0 Å². The fourth-order valence-electron chi connectivity index (χ4n) is 1.69. The second-order valence-electron chi connectivity index (χ2n) is 4.48. The molecule has 3 N–H and O–H groups in total. The summed E-state index contributed by atoms with van der Waals surface area (Å²) in [5.74, 6) is 0.558. The largest absolute Gasteiger partial charge is 0.481 e. The van der Waals surface area contributed by atoms with Gasteiger partial charge in [0, 0.05) is 18.2 Å². The molecule has 0 radical (unpaired) electrons. The summed E-state index contributed by atoms with van der Waals surface area (Å²) in [4.78, 5) is 11.6. The van der Waals surface area contributed by atoms with Crippen LogP contribution in [0.15, 0.2) is 18.2 Å². The van der Waals surface area contributed by atoms with Crippen LogP contribution in [0.25, 0.3) is 0 Å². The summed E-state index contributed by atoms with van der Waals surface area (Å²) in [5, 5.41) is 2.73. The average Bonchev–Trinajstić information content (AvgIpc) is 2.31. The molecule has 0 aliphatic rings. The molecule has 0 spiro atoms. The third kappa shape index (κ3) is 3.74. The van der Waals surface area contributed by atoms with Gasteiger partial charge in [0.1, 0.15) is 5.75 Å². The van der Waals surface area contributed by atoms with Gasteiger partial charge < -0.3 is 15.8 Å². The molecular formula is C14H22N2O2. The van der Waals surface area contributed by atoms with Crippen molar-refractivity contribution in [3.05, 3.63) is 29.3 Å². The smallest absolute Gasteiger partial charge is 0.260 e. The molecule has 0 aliphatic heterocycles. The molecular weight excluding hydrogens is 228 g/mol. The highest BCUT2D eigenvalue weighted by Crippen LogP contribution is 2.25. The monoisotopic (exact) mass is 250 g/mol. The number of benzene rings is 1.